The van der Waals surface area contributed by atoms with Crippen molar-refractivity contribution in [3.8, 4) is 0 Å². The van der Waals surface area contributed by atoms with Crippen molar-refractivity contribution in [2.45, 2.75) is 19.3 Å². The van der Waals surface area contributed by atoms with Gasteiger partial charge >= 0.3 is 0 Å². The fraction of sp³-hybridized carbons (Fsp3) is 0.438. The lowest BCUT2D eigenvalue weighted by Crippen LogP contribution is -2.28. The number of carbonyl (C=O) groups is 1. The maximum absolute atomic E-state index is 12.2. The molecule has 1 aromatic carbocycles. The van der Waals surface area contributed by atoms with E-state index in [4.69, 9.17) is 16.3 Å². The molecule has 0 spiro atoms. The summed E-state index contributed by atoms with van der Waals surface area (Å²) in [5.74, 6) is 0.408. The second kappa shape index (κ2) is 6.50. The van der Waals surface area contributed by atoms with Gasteiger partial charge in [-0.2, -0.15) is 0 Å². The molecule has 1 aliphatic heterocycles. The Hall–Kier alpha value is -1.52. The predicted molar refractivity (Wildman–Crippen MR) is 83.8 cm³/mol. The van der Waals surface area contributed by atoms with Crippen LogP contribution in [0.15, 0.2) is 24.3 Å². The molecule has 1 atom stereocenters. The van der Waals surface area contributed by atoms with E-state index < -0.39 is 0 Å². The first-order valence-electron chi connectivity index (χ1n) is 7.38. The zero-order valence-electron chi connectivity index (χ0n) is 11.8. The summed E-state index contributed by atoms with van der Waals surface area (Å²) in [6, 6.07) is 7.65. The van der Waals surface area contributed by atoms with Crippen molar-refractivity contribution in [2.24, 2.45) is 5.92 Å². The van der Waals surface area contributed by atoms with Crippen LogP contribution in [0.2, 0.25) is 5.02 Å². The predicted octanol–water partition coefficient (Wildman–Crippen LogP) is 3.37. The minimum atomic E-state index is -0.145. The fourth-order valence-electron chi connectivity index (χ4n) is 2.78. The highest BCUT2D eigenvalue weighted by molar-refractivity contribution is 6.38. The van der Waals surface area contributed by atoms with E-state index in [1.165, 1.54) is 6.42 Å². The maximum atomic E-state index is 12.2. The van der Waals surface area contributed by atoms with Gasteiger partial charge in [0.1, 0.15) is 5.69 Å². The summed E-state index contributed by atoms with van der Waals surface area (Å²) < 4.78 is 5.44. The molecule has 1 saturated heterocycles. The van der Waals surface area contributed by atoms with Crippen LogP contribution < -0.4 is 5.32 Å². The van der Waals surface area contributed by atoms with Gasteiger partial charge in [0.15, 0.2) is 0 Å². The Balaban J connectivity index is 1.60. The molecular weight excluding hydrogens is 288 g/mol. The second-order valence-electron chi connectivity index (χ2n) is 5.49. The fourth-order valence-corrected chi connectivity index (χ4v) is 3.08. The molecule has 2 aromatic rings. The number of halogens is 1. The summed E-state index contributed by atoms with van der Waals surface area (Å²) in [5, 5.41) is 4.31. The Morgan fingerprint density at radius 2 is 2.29 bits per heavy atom. The number of hydrogen-bond donors (Lipinski definition) is 2. The number of carbonyl (C=O) groups excluding carboxylic acids is 1. The van der Waals surface area contributed by atoms with Crippen molar-refractivity contribution >= 4 is 28.4 Å². The van der Waals surface area contributed by atoms with Crippen molar-refractivity contribution in [1.82, 2.24) is 10.3 Å². The SMILES string of the molecule is O=C(NCCC1CCCOC1)c1[nH]c2ccccc2c1Cl. The summed E-state index contributed by atoms with van der Waals surface area (Å²) in [5.41, 5.74) is 1.33. The van der Waals surface area contributed by atoms with E-state index >= 15 is 0 Å². The number of benzene rings is 1. The summed E-state index contributed by atoms with van der Waals surface area (Å²) in [6.45, 7) is 2.33. The Morgan fingerprint density at radius 3 is 3.05 bits per heavy atom. The summed E-state index contributed by atoms with van der Waals surface area (Å²) in [6.07, 6.45) is 3.25. The molecular formula is C16H19ClN2O2. The van der Waals surface area contributed by atoms with Crippen LogP contribution in [-0.2, 0) is 4.74 Å². The van der Waals surface area contributed by atoms with Crippen molar-refractivity contribution in [1.29, 1.82) is 0 Å². The molecule has 1 amide bonds. The van der Waals surface area contributed by atoms with Gasteiger partial charge in [0.2, 0.25) is 0 Å². The molecule has 4 nitrogen and oxygen atoms in total. The molecule has 2 N–H and O–H groups in total. The van der Waals surface area contributed by atoms with Gasteiger partial charge in [-0.05, 0) is 31.2 Å². The number of aromatic nitrogens is 1. The molecule has 3 rings (SSSR count). The number of amides is 1. The highest BCUT2D eigenvalue weighted by Gasteiger charge is 2.17. The largest absolute Gasteiger partial charge is 0.381 e. The average Bonchev–Trinajstić information content (AvgIpc) is 2.86. The number of ether oxygens (including phenoxy) is 1. The molecule has 0 saturated carbocycles. The highest BCUT2D eigenvalue weighted by Crippen LogP contribution is 2.27. The van der Waals surface area contributed by atoms with E-state index in [9.17, 15) is 4.79 Å². The molecule has 1 aromatic heterocycles. The van der Waals surface area contributed by atoms with Crippen LogP contribution in [0.1, 0.15) is 29.8 Å². The van der Waals surface area contributed by atoms with E-state index in [-0.39, 0.29) is 5.91 Å². The molecule has 5 heteroatoms. The van der Waals surface area contributed by atoms with E-state index in [0.29, 0.717) is 23.2 Å². The van der Waals surface area contributed by atoms with Crippen LogP contribution in [0.25, 0.3) is 10.9 Å². The first-order valence-corrected chi connectivity index (χ1v) is 7.75. The lowest BCUT2D eigenvalue weighted by molar-refractivity contribution is 0.0514. The normalized spacial score (nSPS) is 18.8. The minimum absolute atomic E-state index is 0.145. The molecule has 2 heterocycles. The molecule has 112 valence electrons. The van der Waals surface area contributed by atoms with Crippen LogP contribution in [-0.4, -0.2) is 30.6 Å². The van der Waals surface area contributed by atoms with Gasteiger partial charge < -0.3 is 15.0 Å². The topological polar surface area (TPSA) is 54.1 Å². The van der Waals surface area contributed by atoms with Crippen LogP contribution in [0.5, 0.6) is 0 Å². The number of para-hydroxylation sites is 1. The number of H-pyrrole nitrogens is 1. The Labute approximate surface area is 128 Å². The average molecular weight is 307 g/mol. The maximum Gasteiger partial charge on any atom is 0.269 e. The van der Waals surface area contributed by atoms with Gasteiger partial charge in [-0.25, -0.2) is 0 Å². The number of fused-ring (bicyclic) bond motifs is 1. The highest BCUT2D eigenvalue weighted by atomic mass is 35.5. The number of rotatable bonds is 4. The third-order valence-electron chi connectivity index (χ3n) is 3.96. The van der Waals surface area contributed by atoms with Gasteiger partial charge in [-0.1, -0.05) is 29.8 Å². The Kier molecular flexibility index (Phi) is 4.46. The van der Waals surface area contributed by atoms with E-state index in [0.717, 1.165) is 37.0 Å². The standard InChI is InChI=1S/C16H19ClN2O2/c17-14-12-5-1-2-6-13(12)19-15(14)16(20)18-8-7-11-4-3-9-21-10-11/h1-2,5-6,11,19H,3-4,7-10H2,(H,18,20). The van der Waals surface area contributed by atoms with E-state index in [2.05, 4.69) is 10.3 Å². The van der Waals surface area contributed by atoms with Crippen LogP contribution in [0.4, 0.5) is 0 Å². The van der Waals surface area contributed by atoms with Gasteiger partial charge in [0, 0.05) is 30.7 Å². The van der Waals surface area contributed by atoms with E-state index in [1.54, 1.807) is 0 Å². The Morgan fingerprint density at radius 1 is 1.43 bits per heavy atom. The number of hydrogen-bond acceptors (Lipinski definition) is 2. The van der Waals surface area contributed by atoms with Crippen LogP contribution in [0, 0.1) is 5.92 Å². The summed E-state index contributed by atoms with van der Waals surface area (Å²) in [7, 11) is 0. The van der Waals surface area contributed by atoms with Gasteiger partial charge in [0.25, 0.3) is 5.91 Å². The zero-order chi connectivity index (χ0) is 14.7. The van der Waals surface area contributed by atoms with Crippen molar-refractivity contribution in [2.75, 3.05) is 19.8 Å². The second-order valence-corrected chi connectivity index (χ2v) is 5.87. The van der Waals surface area contributed by atoms with Crippen LogP contribution >= 0.6 is 11.6 Å². The zero-order valence-corrected chi connectivity index (χ0v) is 12.6. The number of nitrogens with one attached hydrogen (secondary N) is 2. The number of aromatic amines is 1. The van der Waals surface area contributed by atoms with Crippen LogP contribution in [0.3, 0.4) is 0 Å². The molecule has 21 heavy (non-hydrogen) atoms. The monoisotopic (exact) mass is 306 g/mol. The molecule has 1 fully saturated rings. The third kappa shape index (κ3) is 3.22. The van der Waals surface area contributed by atoms with Crippen molar-refractivity contribution in [3.05, 3.63) is 35.0 Å². The minimum Gasteiger partial charge on any atom is -0.381 e. The summed E-state index contributed by atoms with van der Waals surface area (Å²) in [4.78, 5) is 15.3. The van der Waals surface area contributed by atoms with Gasteiger partial charge in [-0.15, -0.1) is 0 Å². The molecule has 1 aliphatic rings. The van der Waals surface area contributed by atoms with Crippen molar-refractivity contribution in [3.63, 3.8) is 0 Å². The van der Waals surface area contributed by atoms with Crippen molar-refractivity contribution < 1.29 is 9.53 Å². The lowest BCUT2D eigenvalue weighted by Gasteiger charge is -2.21. The molecule has 0 aliphatic carbocycles. The molecule has 0 bridgehead atoms. The first-order chi connectivity index (χ1) is 10.3. The lowest BCUT2D eigenvalue weighted by atomic mass is 9.99. The van der Waals surface area contributed by atoms with Gasteiger partial charge in [0.05, 0.1) is 5.02 Å². The molecule has 0 radical (unpaired) electrons. The Bertz CT molecular complexity index is 632. The quantitative estimate of drug-likeness (QED) is 0.910. The van der Waals surface area contributed by atoms with Gasteiger partial charge in [-0.3, -0.25) is 4.79 Å². The third-order valence-corrected chi connectivity index (χ3v) is 4.36. The summed E-state index contributed by atoms with van der Waals surface area (Å²) >= 11 is 6.27. The molecule has 1 unspecified atom stereocenters. The first kappa shape index (κ1) is 14.4. The van der Waals surface area contributed by atoms with E-state index in [1.807, 2.05) is 24.3 Å². The smallest absolute Gasteiger partial charge is 0.269 e.